The fourth-order valence-corrected chi connectivity index (χ4v) is 3.45. The van der Waals surface area contributed by atoms with Crippen molar-refractivity contribution in [1.82, 2.24) is 4.90 Å². The highest BCUT2D eigenvalue weighted by Gasteiger charge is 2.34. The molecule has 1 aromatic rings. The Morgan fingerprint density at radius 3 is 2.44 bits per heavy atom. The second-order valence-electron chi connectivity index (χ2n) is 5.61. The van der Waals surface area contributed by atoms with Crippen LogP contribution in [0, 0.1) is 5.92 Å². The predicted octanol–water partition coefficient (Wildman–Crippen LogP) is 1.93. The SMILES string of the molecule is NOCCc1ccc(C2CN3CCC2CC3)cc1. The molecule has 3 aliphatic heterocycles. The zero-order valence-electron chi connectivity index (χ0n) is 10.8. The summed E-state index contributed by atoms with van der Waals surface area (Å²) in [5.41, 5.74) is 2.83. The Morgan fingerprint density at radius 1 is 1.17 bits per heavy atom. The van der Waals surface area contributed by atoms with E-state index in [-0.39, 0.29) is 0 Å². The summed E-state index contributed by atoms with van der Waals surface area (Å²) in [5, 5.41) is 0. The van der Waals surface area contributed by atoms with Gasteiger partial charge in [-0.2, -0.15) is 0 Å². The molecule has 1 atom stereocenters. The molecule has 4 rings (SSSR count). The summed E-state index contributed by atoms with van der Waals surface area (Å²) in [5.74, 6) is 6.73. The van der Waals surface area contributed by atoms with Gasteiger partial charge in [0.1, 0.15) is 0 Å². The number of fused-ring (bicyclic) bond motifs is 3. The number of nitrogens with zero attached hydrogens (tertiary/aromatic N) is 1. The van der Waals surface area contributed by atoms with Crippen LogP contribution in [0.25, 0.3) is 0 Å². The third-order valence-electron chi connectivity index (χ3n) is 4.57. The number of benzene rings is 1. The van der Waals surface area contributed by atoms with Gasteiger partial charge in [-0.25, -0.2) is 5.90 Å². The molecule has 1 unspecified atom stereocenters. The van der Waals surface area contributed by atoms with Gasteiger partial charge in [0.15, 0.2) is 0 Å². The molecule has 3 nitrogen and oxygen atoms in total. The second kappa shape index (κ2) is 5.39. The van der Waals surface area contributed by atoms with Crippen LogP contribution in [0.4, 0.5) is 0 Å². The van der Waals surface area contributed by atoms with Crippen LogP contribution in [-0.4, -0.2) is 31.1 Å². The molecule has 0 saturated carbocycles. The summed E-state index contributed by atoms with van der Waals surface area (Å²) in [4.78, 5) is 7.24. The standard InChI is InChI=1S/C15H22N2O/c16-18-10-7-12-1-3-13(4-2-12)15-11-17-8-5-14(15)6-9-17/h1-4,14-15H,5-11,16H2. The third-order valence-corrected chi connectivity index (χ3v) is 4.57. The van der Waals surface area contributed by atoms with Gasteiger partial charge in [0.05, 0.1) is 6.61 Å². The fourth-order valence-electron chi connectivity index (χ4n) is 3.45. The lowest BCUT2D eigenvalue weighted by Crippen LogP contribution is -2.46. The molecule has 3 heterocycles. The molecule has 0 radical (unpaired) electrons. The zero-order chi connectivity index (χ0) is 12.4. The summed E-state index contributed by atoms with van der Waals surface area (Å²) in [6, 6.07) is 9.06. The van der Waals surface area contributed by atoms with E-state index in [1.165, 1.54) is 43.6 Å². The van der Waals surface area contributed by atoms with E-state index in [9.17, 15) is 0 Å². The van der Waals surface area contributed by atoms with Crippen LogP contribution < -0.4 is 5.90 Å². The molecule has 2 bridgehead atoms. The lowest BCUT2D eigenvalue weighted by Gasteiger charge is -2.45. The van der Waals surface area contributed by atoms with Crippen LogP contribution in [0.1, 0.15) is 29.9 Å². The van der Waals surface area contributed by atoms with Crippen molar-refractivity contribution in [2.24, 2.45) is 11.8 Å². The third kappa shape index (κ3) is 2.44. The highest BCUT2D eigenvalue weighted by molar-refractivity contribution is 5.27. The van der Waals surface area contributed by atoms with E-state index in [0.29, 0.717) is 6.61 Å². The summed E-state index contributed by atoms with van der Waals surface area (Å²) >= 11 is 0. The summed E-state index contributed by atoms with van der Waals surface area (Å²) in [6.07, 6.45) is 3.66. The molecule has 2 N–H and O–H groups in total. The number of piperidine rings is 3. The zero-order valence-corrected chi connectivity index (χ0v) is 10.8. The van der Waals surface area contributed by atoms with Crippen molar-refractivity contribution >= 4 is 0 Å². The van der Waals surface area contributed by atoms with Crippen molar-refractivity contribution in [2.75, 3.05) is 26.2 Å². The quantitative estimate of drug-likeness (QED) is 0.825. The van der Waals surface area contributed by atoms with Crippen LogP contribution in [0.2, 0.25) is 0 Å². The van der Waals surface area contributed by atoms with Crippen LogP contribution in [0.15, 0.2) is 24.3 Å². The lowest BCUT2D eigenvalue weighted by molar-refractivity contribution is 0.0871. The summed E-state index contributed by atoms with van der Waals surface area (Å²) < 4.78 is 0. The fraction of sp³-hybridized carbons (Fsp3) is 0.600. The maximum atomic E-state index is 5.06. The Labute approximate surface area is 109 Å². The van der Waals surface area contributed by atoms with E-state index < -0.39 is 0 Å². The van der Waals surface area contributed by atoms with E-state index >= 15 is 0 Å². The van der Waals surface area contributed by atoms with Crippen LogP contribution in [0.5, 0.6) is 0 Å². The average Bonchev–Trinajstić information content (AvgIpc) is 2.47. The molecule has 3 saturated heterocycles. The van der Waals surface area contributed by atoms with Gasteiger partial charge in [0.25, 0.3) is 0 Å². The molecule has 3 aliphatic rings. The van der Waals surface area contributed by atoms with Crippen molar-refractivity contribution in [3.63, 3.8) is 0 Å². The van der Waals surface area contributed by atoms with Gasteiger partial charge in [-0.15, -0.1) is 0 Å². The number of hydrogen-bond donors (Lipinski definition) is 1. The predicted molar refractivity (Wildman–Crippen MR) is 72.2 cm³/mol. The molecule has 3 fully saturated rings. The van der Waals surface area contributed by atoms with Gasteiger partial charge in [-0.1, -0.05) is 24.3 Å². The van der Waals surface area contributed by atoms with Crippen molar-refractivity contribution in [3.8, 4) is 0 Å². The van der Waals surface area contributed by atoms with Gasteiger partial charge >= 0.3 is 0 Å². The molecule has 1 aromatic carbocycles. The first-order valence-electron chi connectivity index (χ1n) is 6.99. The molecular weight excluding hydrogens is 224 g/mol. The van der Waals surface area contributed by atoms with E-state index in [1.807, 2.05) is 0 Å². The van der Waals surface area contributed by atoms with E-state index in [1.54, 1.807) is 0 Å². The summed E-state index contributed by atoms with van der Waals surface area (Å²) in [7, 11) is 0. The number of nitrogens with two attached hydrogens (primary N) is 1. The van der Waals surface area contributed by atoms with Gasteiger partial charge in [-0.05, 0) is 55.3 Å². The Hall–Kier alpha value is -0.900. The molecule has 0 aliphatic carbocycles. The lowest BCUT2D eigenvalue weighted by atomic mass is 9.75. The Morgan fingerprint density at radius 2 is 1.89 bits per heavy atom. The van der Waals surface area contributed by atoms with Crippen molar-refractivity contribution in [1.29, 1.82) is 0 Å². The molecular formula is C15H22N2O. The Kier molecular flexibility index (Phi) is 3.64. The van der Waals surface area contributed by atoms with Crippen LogP contribution in [-0.2, 0) is 11.3 Å². The van der Waals surface area contributed by atoms with E-state index in [4.69, 9.17) is 5.90 Å². The minimum Gasteiger partial charge on any atom is -0.304 e. The monoisotopic (exact) mass is 246 g/mol. The van der Waals surface area contributed by atoms with Gasteiger partial charge in [0.2, 0.25) is 0 Å². The van der Waals surface area contributed by atoms with Crippen molar-refractivity contribution in [2.45, 2.75) is 25.2 Å². The van der Waals surface area contributed by atoms with Crippen LogP contribution >= 0.6 is 0 Å². The first kappa shape index (κ1) is 12.2. The normalized spacial score (nSPS) is 30.6. The second-order valence-corrected chi connectivity index (χ2v) is 5.61. The van der Waals surface area contributed by atoms with Crippen molar-refractivity contribution in [3.05, 3.63) is 35.4 Å². The first-order valence-corrected chi connectivity index (χ1v) is 6.99. The van der Waals surface area contributed by atoms with Crippen molar-refractivity contribution < 1.29 is 4.84 Å². The highest BCUT2D eigenvalue weighted by atomic mass is 16.6. The molecule has 3 heteroatoms. The average molecular weight is 246 g/mol. The molecule has 98 valence electrons. The van der Waals surface area contributed by atoms with E-state index in [0.717, 1.165) is 18.3 Å². The topological polar surface area (TPSA) is 38.5 Å². The van der Waals surface area contributed by atoms with Gasteiger partial charge in [0, 0.05) is 6.54 Å². The first-order chi connectivity index (χ1) is 8.86. The molecule has 18 heavy (non-hydrogen) atoms. The number of rotatable bonds is 4. The maximum Gasteiger partial charge on any atom is 0.0719 e. The van der Waals surface area contributed by atoms with Crippen LogP contribution in [0.3, 0.4) is 0 Å². The highest BCUT2D eigenvalue weighted by Crippen LogP contribution is 2.38. The van der Waals surface area contributed by atoms with E-state index in [2.05, 4.69) is 34.0 Å². The number of hydrogen-bond acceptors (Lipinski definition) is 3. The Bertz CT molecular complexity index is 382. The van der Waals surface area contributed by atoms with Gasteiger partial charge < -0.3 is 9.74 Å². The molecule has 0 amide bonds. The Balaban J connectivity index is 1.69. The molecule has 0 spiro atoms. The minimum absolute atomic E-state index is 0.596. The smallest absolute Gasteiger partial charge is 0.0719 e. The summed E-state index contributed by atoms with van der Waals surface area (Å²) in [6.45, 7) is 4.48. The van der Waals surface area contributed by atoms with Gasteiger partial charge in [-0.3, -0.25) is 0 Å². The maximum absolute atomic E-state index is 5.06. The molecule has 0 aromatic heterocycles. The largest absolute Gasteiger partial charge is 0.304 e. The minimum atomic E-state index is 0.596.